The molecular formula is C15H17N3O4. The van der Waals surface area contributed by atoms with E-state index < -0.39 is 23.8 Å². The molecule has 2 amide bonds. The lowest BCUT2D eigenvalue weighted by atomic mass is 9.93. The Hall–Kier alpha value is -2.44. The Morgan fingerprint density at radius 3 is 2.73 bits per heavy atom. The third-order valence-corrected chi connectivity index (χ3v) is 4.28. The molecular weight excluding hydrogens is 286 g/mol. The summed E-state index contributed by atoms with van der Waals surface area (Å²) in [6.45, 7) is 2.44. The first kappa shape index (κ1) is 14.5. The monoisotopic (exact) mass is 303 g/mol. The molecule has 1 N–H and O–H groups in total. The van der Waals surface area contributed by atoms with Gasteiger partial charge in [-0.2, -0.15) is 0 Å². The number of carbonyl (C=O) groups excluding carboxylic acids is 2. The molecule has 2 fully saturated rings. The number of imide groups is 1. The van der Waals surface area contributed by atoms with Crippen LogP contribution in [0.4, 0.5) is 5.82 Å². The summed E-state index contributed by atoms with van der Waals surface area (Å²) >= 11 is 0. The number of rotatable bonds is 4. The van der Waals surface area contributed by atoms with Gasteiger partial charge in [-0.05, 0) is 18.6 Å². The SMILES string of the molecule is CCCN1C(=O)C2CN(c3ccccn3)C(C(=O)O)C2C1=O. The summed E-state index contributed by atoms with van der Waals surface area (Å²) < 4.78 is 0. The van der Waals surface area contributed by atoms with Gasteiger partial charge in [-0.25, -0.2) is 9.78 Å². The number of nitrogens with zero attached hydrogens (tertiary/aromatic N) is 3. The molecule has 0 radical (unpaired) electrons. The summed E-state index contributed by atoms with van der Waals surface area (Å²) in [5.74, 6) is -2.67. The van der Waals surface area contributed by atoms with Crippen LogP contribution in [0.5, 0.6) is 0 Å². The fourth-order valence-electron chi connectivity index (χ4n) is 3.37. The van der Waals surface area contributed by atoms with E-state index in [-0.39, 0.29) is 18.4 Å². The molecule has 0 bridgehead atoms. The van der Waals surface area contributed by atoms with E-state index in [1.807, 2.05) is 6.92 Å². The van der Waals surface area contributed by atoms with Crippen LogP contribution in [0.3, 0.4) is 0 Å². The lowest BCUT2D eigenvalue weighted by molar-refractivity contribution is -0.145. The van der Waals surface area contributed by atoms with Crippen molar-refractivity contribution >= 4 is 23.6 Å². The maximum Gasteiger partial charge on any atom is 0.327 e. The van der Waals surface area contributed by atoms with E-state index in [0.717, 1.165) is 0 Å². The Bertz CT molecular complexity index is 618. The minimum atomic E-state index is -1.10. The minimum absolute atomic E-state index is 0.212. The fourth-order valence-corrected chi connectivity index (χ4v) is 3.37. The van der Waals surface area contributed by atoms with Gasteiger partial charge in [-0.15, -0.1) is 0 Å². The van der Waals surface area contributed by atoms with Crippen LogP contribution in [0.1, 0.15) is 13.3 Å². The number of aromatic nitrogens is 1. The third-order valence-electron chi connectivity index (χ3n) is 4.28. The second-order valence-electron chi connectivity index (χ2n) is 5.58. The van der Waals surface area contributed by atoms with Crippen LogP contribution in [0.2, 0.25) is 0 Å². The van der Waals surface area contributed by atoms with Crippen molar-refractivity contribution in [2.45, 2.75) is 19.4 Å². The van der Waals surface area contributed by atoms with Crippen molar-refractivity contribution < 1.29 is 19.5 Å². The first-order chi connectivity index (χ1) is 10.6. The van der Waals surface area contributed by atoms with Crippen molar-refractivity contribution in [3.63, 3.8) is 0 Å². The molecule has 3 unspecified atom stereocenters. The van der Waals surface area contributed by atoms with Crippen molar-refractivity contribution in [2.75, 3.05) is 18.0 Å². The van der Waals surface area contributed by atoms with Gasteiger partial charge >= 0.3 is 5.97 Å². The number of hydrogen-bond acceptors (Lipinski definition) is 5. The molecule has 0 aromatic carbocycles. The number of hydrogen-bond donors (Lipinski definition) is 1. The average Bonchev–Trinajstić information content (AvgIpc) is 3.01. The number of anilines is 1. The van der Waals surface area contributed by atoms with Crippen molar-refractivity contribution in [1.29, 1.82) is 0 Å². The first-order valence-electron chi connectivity index (χ1n) is 7.32. The predicted molar refractivity (Wildman–Crippen MR) is 77.0 cm³/mol. The zero-order valence-corrected chi connectivity index (χ0v) is 12.2. The summed E-state index contributed by atoms with van der Waals surface area (Å²) in [5.41, 5.74) is 0. The number of amides is 2. The predicted octanol–water partition coefficient (Wildman–Crippen LogP) is 0.366. The zero-order chi connectivity index (χ0) is 15.9. The maximum atomic E-state index is 12.5. The number of carboxylic acid groups (broad SMARTS) is 1. The van der Waals surface area contributed by atoms with Crippen LogP contribution in [0.15, 0.2) is 24.4 Å². The lowest BCUT2D eigenvalue weighted by Crippen LogP contribution is -2.45. The van der Waals surface area contributed by atoms with Crippen LogP contribution in [-0.4, -0.2) is 51.9 Å². The molecule has 3 rings (SSSR count). The quantitative estimate of drug-likeness (QED) is 0.808. The van der Waals surface area contributed by atoms with E-state index >= 15 is 0 Å². The van der Waals surface area contributed by atoms with Gasteiger partial charge in [0.1, 0.15) is 11.9 Å². The lowest BCUT2D eigenvalue weighted by Gasteiger charge is -2.26. The van der Waals surface area contributed by atoms with Crippen LogP contribution in [0, 0.1) is 11.8 Å². The molecule has 0 saturated carbocycles. The molecule has 22 heavy (non-hydrogen) atoms. The van der Waals surface area contributed by atoms with E-state index in [2.05, 4.69) is 4.98 Å². The van der Waals surface area contributed by atoms with Gasteiger partial charge < -0.3 is 10.0 Å². The maximum absolute atomic E-state index is 12.5. The molecule has 1 aromatic rings. The number of aliphatic carboxylic acids is 1. The number of carbonyl (C=O) groups is 3. The van der Waals surface area contributed by atoms with Crippen molar-refractivity contribution in [3.05, 3.63) is 24.4 Å². The Balaban J connectivity index is 1.96. The number of carboxylic acids is 1. The molecule has 3 atom stereocenters. The van der Waals surface area contributed by atoms with Gasteiger partial charge in [0.05, 0.1) is 11.8 Å². The summed E-state index contributed by atoms with van der Waals surface area (Å²) in [5, 5.41) is 9.56. The van der Waals surface area contributed by atoms with E-state index in [0.29, 0.717) is 18.8 Å². The largest absolute Gasteiger partial charge is 0.480 e. The summed E-state index contributed by atoms with van der Waals surface area (Å²) in [6, 6.07) is 4.13. The Kier molecular flexibility index (Phi) is 3.56. The molecule has 116 valence electrons. The van der Waals surface area contributed by atoms with E-state index in [9.17, 15) is 19.5 Å². The van der Waals surface area contributed by atoms with Crippen molar-refractivity contribution in [2.24, 2.45) is 11.8 Å². The normalized spacial score (nSPS) is 27.4. The highest BCUT2D eigenvalue weighted by atomic mass is 16.4. The molecule has 7 nitrogen and oxygen atoms in total. The van der Waals surface area contributed by atoms with E-state index in [1.165, 1.54) is 4.90 Å². The van der Waals surface area contributed by atoms with Gasteiger partial charge in [-0.3, -0.25) is 14.5 Å². The zero-order valence-electron chi connectivity index (χ0n) is 12.2. The van der Waals surface area contributed by atoms with Crippen LogP contribution >= 0.6 is 0 Å². The third kappa shape index (κ3) is 2.04. The number of fused-ring (bicyclic) bond motifs is 1. The van der Waals surface area contributed by atoms with Gasteiger partial charge in [0, 0.05) is 19.3 Å². The highest BCUT2D eigenvalue weighted by Crippen LogP contribution is 2.40. The number of likely N-dealkylation sites (tertiary alicyclic amines) is 1. The van der Waals surface area contributed by atoms with Crippen molar-refractivity contribution in [3.8, 4) is 0 Å². The average molecular weight is 303 g/mol. The highest BCUT2D eigenvalue weighted by molar-refractivity contribution is 6.09. The Morgan fingerprint density at radius 1 is 1.36 bits per heavy atom. The molecule has 2 saturated heterocycles. The van der Waals surface area contributed by atoms with E-state index in [1.54, 1.807) is 29.3 Å². The van der Waals surface area contributed by atoms with Crippen molar-refractivity contribution in [1.82, 2.24) is 9.88 Å². The van der Waals surface area contributed by atoms with Crippen LogP contribution in [-0.2, 0) is 14.4 Å². The smallest absolute Gasteiger partial charge is 0.327 e. The standard InChI is InChI=1S/C15H17N3O4/c1-2-7-17-13(19)9-8-18(10-5-3-4-6-16-10)12(15(21)22)11(9)14(17)20/h3-6,9,11-12H,2,7-8H2,1H3,(H,21,22). The Labute approximate surface area is 127 Å². The van der Waals surface area contributed by atoms with E-state index in [4.69, 9.17) is 0 Å². The molecule has 1 aromatic heterocycles. The molecule has 0 aliphatic carbocycles. The molecule has 0 spiro atoms. The molecule has 2 aliphatic heterocycles. The van der Waals surface area contributed by atoms with Crippen LogP contribution in [0.25, 0.3) is 0 Å². The Morgan fingerprint density at radius 2 is 2.14 bits per heavy atom. The van der Waals surface area contributed by atoms with Gasteiger partial charge in [0.2, 0.25) is 11.8 Å². The van der Waals surface area contributed by atoms with Crippen LogP contribution < -0.4 is 4.90 Å². The molecule has 7 heteroatoms. The van der Waals surface area contributed by atoms with Gasteiger partial charge in [0.25, 0.3) is 0 Å². The minimum Gasteiger partial charge on any atom is -0.480 e. The highest BCUT2D eigenvalue weighted by Gasteiger charge is 2.59. The second kappa shape index (κ2) is 5.40. The number of pyridine rings is 1. The van der Waals surface area contributed by atoms with Gasteiger partial charge in [-0.1, -0.05) is 13.0 Å². The topological polar surface area (TPSA) is 90.8 Å². The summed E-state index contributed by atoms with van der Waals surface area (Å²) in [4.78, 5) is 43.5. The first-order valence-corrected chi connectivity index (χ1v) is 7.32. The van der Waals surface area contributed by atoms with Gasteiger partial charge in [0.15, 0.2) is 0 Å². The molecule has 3 heterocycles. The molecule has 2 aliphatic rings. The summed E-state index contributed by atoms with van der Waals surface area (Å²) in [6.07, 6.45) is 2.23. The second-order valence-corrected chi connectivity index (χ2v) is 5.58. The fraction of sp³-hybridized carbons (Fsp3) is 0.467. The summed E-state index contributed by atoms with van der Waals surface area (Å²) in [7, 11) is 0.